The van der Waals surface area contributed by atoms with Crippen molar-refractivity contribution in [2.75, 3.05) is 18.6 Å². The van der Waals surface area contributed by atoms with Crippen LogP contribution in [0.15, 0.2) is 59.0 Å². The summed E-state index contributed by atoms with van der Waals surface area (Å²) in [4.78, 5) is 6.10. The molecule has 0 saturated heterocycles. The molecule has 6 nitrogen and oxygen atoms in total. The van der Waals surface area contributed by atoms with Crippen LogP contribution in [0.1, 0.15) is 24.1 Å². The lowest BCUT2D eigenvalue weighted by molar-refractivity contribution is 0.263. The van der Waals surface area contributed by atoms with Gasteiger partial charge in [-0.3, -0.25) is 0 Å². The van der Waals surface area contributed by atoms with E-state index in [2.05, 4.69) is 11.1 Å². The third kappa shape index (κ3) is 4.79. The minimum absolute atomic E-state index is 0.141. The molecule has 0 saturated carbocycles. The van der Waals surface area contributed by atoms with E-state index in [4.69, 9.17) is 13.9 Å². The molecule has 0 fully saturated rings. The number of anilines is 1. The molecule has 0 bridgehead atoms. The molecule has 0 N–H and O–H groups in total. The Bertz CT molecular complexity index is 899. The quantitative estimate of drug-likeness (QED) is 0.598. The molecule has 1 heterocycles. The van der Waals surface area contributed by atoms with Crippen molar-refractivity contribution in [3.8, 4) is 17.6 Å². The van der Waals surface area contributed by atoms with Crippen LogP contribution in [0.2, 0.25) is 0 Å². The topological polar surface area (TPSA) is 71.5 Å². The number of oxazole rings is 1. The van der Waals surface area contributed by atoms with Gasteiger partial charge < -0.3 is 18.8 Å². The first-order valence-electron chi connectivity index (χ1n) is 8.70. The van der Waals surface area contributed by atoms with Crippen molar-refractivity contribution in [1.82, 2.24) is 4.98 Å². The third-order valence-corrected chi connectivity index (χ3v) is 3.87. The van der Waals surface area contributed by atoms with Gasteiger partial charge in [-0.2, -0.15) is 10.2 Å². The maximum absolute atomic E-state index is 9.36. The fourth-order valence-electron chi connectivity index (χ4n) is 2.62. The Labute approximate surface area is 158 Å². The van der Waals surface area contributed by atoms with Crippen LogP contribution in [-0.4, -0.2) is 18.6 Å². The lowest BCUT2D eigenvalue weighted by Gasteiger charge is -2.15. The van der Waals surface area contributed by atoms with Gasteiger partial charge in [-0.05, 0) is 36.8 Å². The zero-order chi connectivity index (χ0) is 19.1. The summed E-state index contributed by atoms with van der Waals surface area (Å²) < 4.78 is 16.9. The predicted octanol–water partition coefficient (Wildman–Crippen LogP) is 4.16. The van der Waals surface area contributed by atoms with Gasteiger partial charge in [0.1, 0.15) is 17.6 Å². The summed E-state index contributed by atoms with van der Waals surface area (Å²) in [7, 11) is 1.87. The Balaban J connectivity index is 1.66. The number of nitriles is 1. The van der Waals surface area contributed by atoms with E-state index in [9.17, 15) is 5.26 Å². The Kier molecular flexibility index (Phi) is 5.95. The van der Waals surface area contributed by atoms with E-state index in [1.54, 1.807) is 0 Å². The van der Waals surface area contributed by atoms with Crippen molar-refractivity contribution < 1.29 is 13.9 Å². The second-order valence-electron chi connectivity index (χ2n) is 5.91. The molecule has 3 aromatic rings. The average Bonchev–Trinajstić information content (AvgIpc) is 3.12. The number of hydrogen-bond donors (Lipinski definition) is 0. The fraction of sp³-hybridized carbons (Fsp3) is 0.238. The van der Waals surface area contributed by atoms with Gasteiger partial charge in [0.25, 0.3) is 0 Å². The number of aromatic nitrogens is 1. The first-order valence-corrected chi connectivity index (χ1v) is 8.70. The highest BCUT2D eigenvalue weighted by molar-refractivity contribution is 5.47. The second kappa shape index (κ2) is 8.77. The van der Waals surface area contributed by atoms with Crippen molar-refractivity contribution in [3.05, 3.63) is 71.7 Å². The molecular formula is C21H21N3O3. The molecule has 0 aliphatic rings. The van der Waals surface area contributed by atoms with E-state index in [0.717, 1.165) is 11.3 Å². The molecule has 6 heteroatoms. The third-order valence-electron chi connectivity index (χ3n) is 3.87. The van der Waals surface area contributed by atoms with Crippen LogP contribution >= 0.6 is 0 Å². The summed E-state index contributed by atoms with van der Waals surface area (Å²) in [5, 5.41) is 9.36. The number of ether oxygens (including phenoxy) is 2. The summed E-state index contributed by atoms with van der Waals surface area (Å²) in [6.07, 6.45) is 0. The first kappa shape index (κ1) is 18.3. The van der Waals surface area contributed by atoms with Crippen LogP contribution in [0.3, 0.4) is 0 Å². The van der Waals surface area contributed by atoms with Crippen LogP contribution in [0.25, 0.3) is 0 Å². The van der Waals surface area contributed by atoms with Gasteiger partial charge in [0.05, 0.1) is 6.61 Å². The average molecular weight is 363 g/mol. The molecule has 0 aliphatic heterocycles. The molecule has 0 atom stereocenters. The van der Waals surface area contributed by atoms with Gasteiger partial charge >= 0.3 is 0 Å². The number of benzene rings is 2. The maximum atomic E-state index is 9.36. The van der Waals surface area contributed by atoms with Gasteiger partial charge in [0.15, 0.2) is 6.61 Å². The predicted molar refractivity (Wildman–Crippen MR) is 102 cm³/mol. The van der Waals surface area contributed by atoms with E-state index in [1.807, 2.05) is 73.5 Å². The van der Waals surface area contributed by atoms with Gasteiger partial charge in [-0.15, -0.1) is 0 Å². The minimum atomic E-state index is 0.141. The van der Waals surface area contributed by atoms with E-state index >= 15 is 0 Å². The Morgan fingerprint density at radius 2 is 1.70 bits per heavy atom. The van der Waals surface area contributed by atoms with Gasteiger partial charge in [0.2, 0.25) is 17.5 Å². The van der Waals surface area contributed by atoms with Crippen LogP contribution in [0, 0.1) is 11.3 Å². The highest BCUT2D eigenvalue weighted by Crippen LogP contribution is 2.24. The van der Waals surface area contributed by atoms with Gasteiger partial charge in [-0.25, -0.2) is 0 Å². The number of nitrogens with zero attached hydrogens (tertiary/aromatic N) is 3. The molecule has 3 rings (SSSR count). The lowest BCUT2D eigenvalue weighted by Crippen LogP contribution is -2.16. The molecule has 0 unspecified atom stereocenters. The van der Waals surface area contributed by atoms with E-state index < -0.39 is 0 Å². The van der Waals surface area contributed by atoms with Crippen LogP contribution in [0.5, 0.6) is 11.5 Å². The largest absolute Gasteiger partial charge is 0.494 e. The summed E-state index contributed by atoms with van der Waals surface area (Å²) in [5.41, 5.74) is 1.37. The smallest absolute Gasteiger partial charge is 0.236 e. The summed E-state index contributed by atoms with van der Waals surface area (Å²) >= 11 is 0. The van der Waals surface area contributed by atoms with E-state index in [1.165, 1.54) is 0 Å². The lowest BCUT2D eigenvalue weighted by atomic mass is 10.2. The summed E-state index contributed by atoms with van der Waals surface area (Å²) in [6, 6.07) is 19.4. The molecule has 27 heavy (non-hydrogen) atoms. The Morgan fingerprint density at radius 1 is 1.04 bits per heavy atom. The van der Waals surface area contributed by atoms with Crippen molar-refractivity contribution in [2.24, 2.45) is 0 Å². The Hall–Kier alpha value is -3.46. The van der Waals surface area contributed by atoms with Crippen molar-refractivity contribution in [3.63, 3.8) is 0 Å². The van der Waals surface area contributed by atoms with Crippen LogP contribution in [-0.2, 0) is 13.2 Å². The highest BCUT2D eigenvalue weighted by atomic mass is 16.5. The van der Waals surface area contributed by atoms with Gasteiger partial charge in [0, 0.05) is 13.6 Å². The van der Waals surface area contributed by atoms with E-state index in [0.29, 0.717) is 30.7 Å². The van der Waals surface area contributed by atoms with Crippen molar-refractivity contribution >= 4 is 5.88 Å². The minimum Gasteiger partial charge on any atom is -0.494 e. The standard InChI is InChI=1S/C21H21N3O3/c1-3-25-17-9-11-18(12-10-17)26-15-20-23-19(13-22)21(27-20)24(2)14-16-7-5-4-6-8-16/h4-12H,3,14-15H2,1-2H3. The second-order valence-corrected chi connectivity index (χ2v) is 5.91. The monoisotopic (exact) mass is 363 g/mol. The number of rotatable bonds is 8. The molecule has 0 aliphatic carbocycles. The Morgan fingerprint density at radius 3 is 2.33 bits per heavy atom. The zero-order valence-corrected chi connectivity index (χ0v) is 15.4. The summed E-state index contributed by atoms with van der Waals surface area (Å²) in [6.45, 7) is 3.31. The fourth-order valence-corrected chi connectivity index (χ4v) is 2.62. The van der Waals surface area contributed by atoms with Crippen molar-refractivity contribution in [1.29, 1.82) is 5.26 Å². The van der Waals surface area contributed by atoms with E-state index in [-0.39, 0.29) is 12.3 Å². The molecule has 1 aromatic heterocycles. The SMILES string of the molecule is CCOc1ccc(OCc2nc(C#N)c(N(C)Cc3ccccc3)o2)cc1. The molecule has 138 valence electrons. The maximum Gasteiger partial charge on any atom is 0.236 e. The number of hydrogen-bond acceptors (Lipinski definition) is 6. The van der Waals surface area contributed by atoms with Crippen LogP contribution < -0.4 is 14.4 Å². The summed E-state index contributed by atoms with van der Waals surface area (Å²) in [5.74, 6) is 2.26. The highest BCUT2D eigenvalue weighted by Gasteiger charge is 2.17. The molecule has 2 aromatic carbocycles. The molecule has 0 spiro atoms. The normalized spacial score (nSPS) is 10.3. The molecular weight excluding hydrogens is 342 g/mol. The molecule has 0 radical (unpaired) electrons. The van der Waals surface area contributed by atoms with Crippen LogP contribution in [0.4, 0.5) is 5.88 Å². The zero-order valence-electron chi connectivity index (χ0n) is 15.4. The van der Waals surface area contributed by atoms with Crippen molar-refractivity contribution in [2.45, 2.75) is 20.1 Å². The first-order chi connectivity index (χ1) is 13.2. The van der Waals surface area contributed by atoms with Gasteiger partial charge in [-0.1, -0.05) is 30.3 Å². The molecule has 0 amide bonds.